The van der Waals surface area contributed by atoms with Gasteiger partial charge in [-0.3, -0.25) is 0 Å². The van der Waals surface area contributed by atoms with Crippen LogP contribution in [-0.4, -0.2) is 23.3 Å². The van der Waals surface area contributed by atoms with Crippen LogP contribution in [0.4, 0.5) is 4.39 Å². The number of halogens is 1. The molecule has 8 heteroatoms. The van der Waals surface area contributed by atoms with Crippen LogP contribution >= 0.6 is 0 Å². The summed E-state index contributed by atoms with van der Waals surface area (Å²) in [7, 11) is -3.99. The van der Waals surface area contributed by atoms with Crippen molar-refractivity contribution in [3.63, 3.8) is 0 Å². The van der Waals surface area contributed by atoms with E-state index < -0.39 is 15.8 Å². The zero-order valence-electron chi connectivity index (χ0n) is 13.1. The normalized spacial score (nSPS) is 11.6. The van der Waals surface area contributed by atoms with E-state index in [9.17, 15) is 17.9 Å². The number of aliphatic hydroxyl groups excluding tert-OH is 1. The number of sulfonamides is 1. The summed E-state index contributed by atoms with van der Waals surface area (Å²) in [6.07, 6.45) is 0.476. The van der Waals surface area contributed by atoms with Crippen LogP contribution in [0.3, 0.4) is 0 Å². The Kier molecular flexibility index (Phi) is 4.67. The summed E-state index contributed by atoms with van der Waals surface area (Å²) in [6.45, 7) is -0.286. The fraction of sp³-hybridized carbons (Fsp3) is 0.118. The molecule has 0 atom stereocenters. The molecule has 0 fully saturated rings. The van der Waals surface area contributed by atoms with E-state index in [1.54, 1.807) is 6.07 Å². The topological polar surface area (TPSA) is 98.2 Å². The molecule has 3 aromatic rings. The average Bonchev–Trinajstić information content (AvgIpc) is 2.97. The van der Waals surface area contributed by atoms with Crippen molar-refractivity contribution < 1.29 is 17.9 Å². The lowest BCUT2D eigenvalue weighted by Crippen LogP contribution is -2.13. The lowest BCUT2D eigenvalue weighted by Gasteiger charge is -2.10. The molecule has 25 heavy (non-hydrogen) atoms. The number of aliphatic hydroxyl groups is 1. The number of nitrogens with two attached hydrogens (primary N) is 1. The molecule has 6 nitrogen and oxygen atoms in total. The van der Waals surface area contributed by atoms with E-state index in [2.05, 4.69) is 5.10 Å². The van der Waals surface area contributed by atoms with Crippen LogP contribution in [0.15, 0.2) is 59.5 Å². The van der Waals surface area contributed by atoms with E-state index in [0.29, 0.717) is 17.8 Å². The van der Waals surface area contributed by atoms with Gasteiger partial charge in [-0.05, 0) is 29.8 Å². The van der Waals surface area contributed by atoms with Crippen molar-refractivity contribution in [1.82, 2.24) is 9.78 Å². The Morgan fingerprint density at radius 3 is 2.44 bits per heavy atom. The first-order chi connectivity index (χ1) is 11.9. The minimum atomic E-state index is -3.99. The van der Waals surface area contributed by atoms with Gasteiger partial charge in [0.1, 0.15) is 11.5 Å². The van der Waals surface area contributed by atoms with Crippen molar-refractivity contribution in [2.24, 2.45) is 5.14 Å². The number of hydrogen-bond donors (Lipinski definition) is 2. The van der Waals surface area contributed by atoms with Gasteiger partial charge >= 0.3 is 0 Å². The molecular weight excluding hydrogens is 345 g/mol. The number of primary sulfonamides is 1. The van der Waals surface area contributed by atoms with Crippen molar-refractivity contribution in [1.29, 1.82) is 0 Å². The fourth-order valence-electron chi connectivity index (χ4n) is 2.53. The van der Waals surface area contributed by atoms with Crippen LogP contribution < -0.4 is 5.14 Å². The van der Waals surface area contributed by atoms with Gasteiger partial charge in [-0.2, -0.15) is 5.10 Å². The minimum absolute atomic E-state index is 0.0815. The van der Waals surface area contributed by atoms with Crippen molar-refractivity contribution in [2.45, 2.75) is 17.9 Å². The predicted octanol–water partition coefficient (Wildman–Crippen LogP) is 1.74. The quantitative estimate of drug-likeness (QED) is 0.723. The summed E-state index contributed by atoms with van der Waals surface area (Å²) in [5.41, 5.74) is 2.13. The second kappa shape index (κ2) is 6.75. The van der Waals surface area contributed by atoms with Crippen molar-refractivity contribution in [2.75, 3.05) is 0 Å². The predicted molar refractivity (Wildman–Crippen MR) is 90.1 cm³/mol. The highest BCUT2D eigenvalue weighted by Crippen LogP contribution is 2.21. The average molecular weight is 361 g/mol. The highest BCUT2D eigenvalue weighted by molar-refractivity contribution is 7.89. The first kappa shape index (κ1) is 17.3. The second-order valence-corrected chi connectivity index (χ2v) is 7.08. The van der Waals surface area contributed by atoms with Gasteiger partial charge in [-0.15, -0.1) is 0 Å². The highest BCUT2D eigenvalue weighted by Gasteiger charge is 2.16. The van der Waals surface area contributed by atoms with E-state index in [0.717, 1.165) is 11.6 Å². The highest BCUT2D eigenvalue weighted by atomic mass is 32.2. The molecule has 0 amide bonds. The van der Waals surface area contributed by atoms with Crippen LogP contribution in [0.5, 0.6) is 0 Å². The zero-order valence-corrected chi connectivity index (χ0v) is 13.9. The third-order valence-electron chi connectivity index (χ3n) is 3.70. The van der Waals surface area contributed by atoms with Gasteiger partial charge in [-0.25, -0.2) is 22.6 Å². The smallest absolute Gasteiger partial charge is 0.238 e. The molecule has 0 bridgehead atoms. The van der Waals surface area contributed by atoms with E-state index >= 15 is 0 Å². The summed E-state index contributed by atoms with van der Waals surface area (Å²) in [5.74, 6) is -0.770. The molecule has 0 saturated heterocycles. The van der Waals surface area contributed by atoms with Crippen LogP contribution in [0.25, 0.3) is 5.69 Å². The second-order valence-electron chi connectivity index (χ2n) is 5.52. The third kappa shape index (κ3) is 3.76. The Hall–Kier alpha value is -2.55. The zero-order chi connectivity index (χ0) is 18.0. The molecule has 2 aromatic carbocycles. The summed E-state index contributed by atoms with van der Waals surface area (Å²) in [4.78, 5) is -0.312. The van der Waals surface area contributed by atoms with Gasteiger partial charge in [0.2, 0.25) is 10.0 Å². The number of aromatic nitrogens is 2. The summed E-state index contributed by atoms with van der Waals surface area (Å²) in [6, 6.07) is 14.6. The van der Waals surface area contributed by atoms with Gasteiger partial charge in [0.15, 0.2) is 0 Å². The maximum Gasteiger partial charge on any atom is 0.238 e. The lowest BCUT2D eigenvalue weighted by atomic mass is 10.1. The molecule has 130 valence electrons. The fourth-order valence-corrected chi connectivity index (χ4v) is 3.05. The van der Waals surface area contributed by atoms with Crippen LogP contribution in [0, 0.1) is 5.82 Å². The first-order valence-electron chi connectivity index (χ1n) is 7.44. The third-order valence-corrected chi connectivity index (χ3v) is 4.61. The molecule has 1 heterocycles. The molecule has 0 aliphatic heterocycles. The summed E-state index contributed by atoms with van der Waals surface area (Å²) < 4.78 is 38.5. The Labute approximate surface area is 144 Å². The maximum atomic E-state index is 14.5. The van der Waals surface area contributed by atoms with Crippen LogP contribution in [0.2, 0.25) is 0 Å². The molecule has 0 spiro atoms. The molecule has 0 aliphatic carbocycles. The van der Waals surface area contributed by atoms with E-state index in [1.165, 1.54) is 16.8 Å². The molecule has 0 unspecified atom stereocenters. The Bertz CT molecular complexity index is 1000. The molecule has 3 N–H and O–H groups in total. The van der Waals surface area contributed by atoms with Crippen molar-refractivity contribution in [3.05, 3.63) is 77.4 Å². The van der Waals surface area contributed by atoms with Crippen LogP contribution in [0.1, 0.15) is 17.0 Å². The lowest BCUT2D eigenvalue weighted by molar-refractivity contribution is 0.276. The maximum absolute atomic E-state index is 14.5. The number of rotatable bonds is 5. The molecule has 0 saturated carbocycles. The molecule has 0 aliphatic rings. The van der Waals surface area contributed by atoms with E-state index in [-0.39, 0.29) is 17.2 Å². The van der Waals surface area contributed by atoms with Gasteiger partial charge in [0.25, 0.3) is 0 Å². The number of hydrogen-bond acceptors (Lipinski definition) is 4. The molecule has 1 aromatic heterocycles. The molecular formula is C17H16FN3O3S. The SMILES string of the molecule is NS(=O)(=O)c1ccc(-n2nc(CO)cc2Cc2ccccc2)c(F)c1. The Balaban J connectivity index is 2.06. The number of nitrogens with zero attached hydrogens (tertiary/aromatic N) is 2. The molecule has 0 radical (unpaired) electrons. The van der Waals surface area contributed by atoms with Crippen molar-refractivity contribution >= 4 is 10.0 Å². The van der Waals surface area contributed by atoms with Crippen LogP contribution in [-0.2, 0) is 23.1 Å². The van der Waals surface area contributed by atoms with Gasteiger partial charge in [-0.1, -0.05) is 30.3 Å². The molecule has 3 rings (SSSR count). The van der Waals surface area contributed by atoms with E-state index in [4.69, 9.17) is 5.14 Å². The monoisotopic (exact) mass is 361 g/mol. The number of benzene rings is 2. The van der Waals surface area contributed by atoms with Gasteiger partial charge < -0.3 is 5.11 Å². The standard InChI is InChI=1S/C17H16FN3O3S/c18-16-10-15(25(19,23)24)6-7-17(16)21-14(9-13(11-22)20-21)8-12-4-2-1-3-5-12/h1-7,9-10,22H,8,11H2,(H2,19,23,24). The van der Waals surface area contributed by atoms with Gasteiger partial charge in [0.05, 0.1) is 17.2 Å². The Morgan fingerprint density at radius 1 is 1.12 bits per heavy atom. The Morgan fingerprint density at radius 2 is 1.84 bits per heavy atom. The first-order valence-corrected chi connectivity index (χ1v) is 8.98. The summed E-state index contributed by atoms with van der Waals surface area (Å²) >= 11 is 0. The largest absolute Gasteiger partial charge is 0.390 e. The minimum Gasteiger partial charge on any atom is -0.390 e. The van der Waals surface area contributed by atoms with E-state index in [1.807, 2.05) is 30.3 Å². The van der Waals surface area contributed by atoms with Crippen molar-refractivity contribution in [3.8, 4) is 5.69 Å². The summed E-state index contributed by atoms with van der Waals surface area (Å²) in [5, 5.41) is 18.6. The van der Waals surface area contributed by atoms with Gasteiger partial charge in [0, 0.05) is 12.1 Å².